The van der Waals surface area contributed by atoms with E-state index < -0.39 is 0 Å². The van der Waals surface area contributed by atoms with E-state index in [0.717, 1.165) is 5.56 Å². The molecule has 5 heteroatoms. The van der Waals surface area contributed by atoms with E-state index >= 15 is 0 Å². The second-order valence-corrected chi connectivity index (χ2v) is 4.03. The number of nitrogens with zero attached hydrogens (tertiary/aromatic N) is 1. The van der Waals surface area contributed by atoms with Crippen molar-refractivity contribution in [2.75, 3.05) is 13.3 Å². The van der Waals surface area contributed by atoms with E-state index in [9.17, 15) is 4.79 Å². The molecule has 0 atom stereocenters. The standard InChI is InChI=1S/C10H15N3OS/c1-13(10(14)12-11)7-8-3-5-9(15-2)6-4-8/h3-6H,7,11H2,1-2H3,(H,12,14). The highest BCUT2D eigenvalue weighted by Gasteiger charge is 2.06. The van der Waals surface area contributed by atoms with Gasteiger partial charge in [0.05, 0.1) is 0 Å². The van der Waals surface area contributed by atoms with Gasteiger partial charge in [-0.2, -0.15) is 0 Å². The summed E-state index contributed by atoms with van der Waals surface area (Å²) in [5.41, 5.74) is 3.17. The second kappa shape index (κ2) is 5.63. The highest BCUT2D eigenvalue weighted by molar-refractivity contribution is 7.98. The molecule has 3 N–H and O–H groups in total. The van der Waals surface area contributed by atoms with Crippen LogP contribution < -0.4 is 11.3 Å². The summed E-state index contributed by atoms with van der Waals surface area (Å²) in [6, 6.07) is 7.80. The molecule has 0 aliphatic rings. The summed E-state index contributed by atoms with van der Waals surface area (Å²) in [7, 11) is 1.70. The third-order valence-corrected chi connectivity index (χ3v) is 2.79. The first-order chi connectivity index (χ1) is 7.17. The quantitative estimate of drug-likeness (QED) is 0.354. The van der Waals surface area contributed by atoms with Crippen LogP contribution in [0.4, 0.5) is 4.79 Å². The smallest absolute Gasteiger partial charge is 0.322 e. The van der Waals surface area contributed by atoms with Gasteiger partial charge in [0.2, 0.25) is 0 Å². The van der Waals surface area contributed by atoms with E-state index in [-0.39, 0.29) is 6.03 Å². The van der Waals surface area contributed by atoms with E-state index in [2.05, 4.69) is 5.43 Å². The number of nitrogens with two attached hydrogens (primary N) is 1. The van der Waals surface area contributed by atoms with Crippen molar-refractivity contribution in [1.29, 1.82) is 0 Å². The third-order valence-electron chi connectivity index (χ3n) is 2.05. The number of nitrogens with one attached hydrogen (secondary N) is 1. The molecule has 4 nitrogen and oxygen atoms in total. The lowest BCUT2D eigenvalue weighted by atomic mass is 10.2. The van der Waals surface area contributed by atoms with Crippen molar-refractivity contribution < 1.29 is 4.79 Å². The number of urea groups is 1. The van der Waals surface area contributed by atoms with Gasteiger partial charge in [-0.1, -0.05) is 12.1 Å². The van der Waals surface area contributed by atoms with Crippen LogP contribution in [0.1, 0.15) is 5.56 Å². The molecule has 1 rings (SSSR count). The normalized spacial score (nSPS) is 9.80. The Balaban J connectivity index is 2.60. The number of thioether (sulfide) groups is 1. The number of benzene rings is 1. The van der Waals surface area contributed by atoms with Gasteiger partial charge in [-0.05, 0) is 24.0 Å². The summed E-state index contributed by atoms with van der Waals surface area (Å²) in [6.45, 7) is 0.553. The fourth-order valence-electron chi connectivity index (χ4n) is 1.19. The van der Waals surface area contributed by atoms with Crippen LogP contribution in [-0.2, 0) is 6.54 Å². The molecule has 0 unspecified atom stereocenters. The molecule has 15 heavy (non-hydrogen) atoms. The van der Waals surface area contributed by atoms with Gasteiger partial charge in [-0.15, -0.1) is 11.8 Å². The summed E-state index contributed by atoms with van der Waals surface area (Å²) < 4.78 is 0. The largest absolute Gasteiger partial charge is 0.331 e. The minimum atomic E-state index is -0.288. The zero-order valence-corrected chi connectivity index (χ0v) is 9.67. The van der Waals surface area contributed by atoms with Crippen molar-refractivity contribution in [3.63, 3.8) is 0 Å². The Labute approximate surface area is 93.8 Å². The maximum absolute atomic E-state index is 11.1. The first-order valence-electron chi connectivity index (χ1n) is 4.52. The lowest BCUT2D eigenvalue weighted by Crippen LogP contribution is -2.40. The van der Waals surface area contributed by atoms with Gasteiger partial charge < -0.3 is 4.90 Å². The molecule has 0 saturated heterocycles. The van der Waals surface area contributed by atoms with Gasteiger partial charge >= 0.3 is 6.03 Å². The predicted molar refractivity (Wildman–Crippen MR) is 62.4 cm³/mol. The molecule has 0 aliphatic heterocycles. The van der Waals surface area contributed by atoms with Crippen molar-refractivity contribution in [2.24, 2.45) is 5.84 Å². The fourth-order valence-corrected chi connectivity index (χ4v) is 1.60. The molecule has 0 bridgehead atoms. The highest BCUT2D eigenvalue weighted by atomic mass is 32.2. The van der Waals surface area contributed by atoms with Gasteiger partial charge in [0, 0.05) is 18.5 Å². The number of carbonyl (C=O) groups excluding carboxylic acids is 1. The van der Waals surface area contributed by atoms with Crippen LogP contribution in [0.15, 0.2) is 29.2 Å². The van der Waals surface area contributed by atoms with Crippen LogP contribution in [0.2, 0.25) is 0 Å². The van der Waals surface area contributed by atoms with E-state index in [1.165, 1.54) is 9.80 Å². The molecular weight excluding hydrogens is 210 g/mol. The summed E-state index contributed by atoms with van der Waals surface area (Å²) in [4.78, 5) is 13.9. The molecule has 0 spiro atoms. The second-order valence-electron chi connectivity index (χ2n) is 3.15. The Bertz CT molecular complexity index is 326. The first-order valence-corrected chi connectivity index (χ1v) is 5.74. The zero-order valence-electron chi connectivity index (χ0n) is 8.86. The molecule has 0 aromatic heterocycles. The van der Waals surface area contributed by atoms with Crippen LogP contribution in [0, 0.1) is 0 Å². The first kappa shape index (κ1) is 11.9. The molecule has 0 fully saturated rings. The van der Waals surface area contributed by atoms with Gasteiger partial charge in [0.25, 0.3) is 0 Å². The lowest BCUT2D eigenvalue weighted by Gasteiger charge is -2.16. The highest BCUT2D eigenvalue weighted by Crippen LogP contribution is 2.15. The number of carbonyl (C=O) groups is 1. The maximum Gasteiger partial charge on any atom is 0.331 e. The fraction of sp³-hybridized carbons (Fsp3) is 0.300. The van der Waals surface area contributed by atoms with Gasteiger partial charge in [-0.3, -0.25) is 5.43 Å². The van der Waals surface area contributed by atoms with E-state index in [0.29, 0.717) is 6.54 Å². The van der Waals surface area contributed by atoms with Crippen LogP contribution in [0.5, 0.6) is 0 Å². The van der Waals surface area contributed by atoms with Crippen LogP contribution in [0.25, 0.3) is 0 Å². The Morgan fingerprint density at radius 3 is 2.53 bits per heavy atom. The van der Waals surface area contributed by atoms with Gasteiger partial charge in [-0.25, -0.2) is 10.6 Å². The molecule has 0 aliphatic carbocycles. The van der Waals surface area contributed by atoms with Crippen LogP contribution >= 0.6 is 11.8 Å². The summed E-state index contributed by atoms with van der Waals surface area (Å²) in [5.74, 6) is 5.03. The molecule has 82 valence electrons. The minimum Gasteiger partial charge on any atom is -0.322 e. The number of hydrogen-bond donors (Lipinski definition) is 2. The van der Waals surface area contributed by atoms with E-state index in [1.54, 1.807) is 18.8 Å². The lowest BCUT2D eigenvalue weighted by molar-refractivity contribution is 0.207. The summed E-state index contributed by atoms with van der Waals surface area (Å²) >= 11 is 1.69. The number of rotatable bonds is 3. The van der Waals surface area contributed by atoms with Gasteiger partial charge in [0.1, 0.15) is 0 Å². The van der Waals surface area contributed by atoms with Crippen molar-refractivity contribution in [2.45, 2.75) is 11.4 Å². The molecule has 0 saturated carbocycles. The van der Waals surface area contributed by atoms with Gasteiger partial charge in [0.15, 0.2) is 0 Å². The number of amides is 2. The Morgan fingerprint density at radius 2 is 2.07 bits per heavy atom. The average Bonchev–Trinajstić information content (AvgIpc) is 2.29. The zero-order chi connectivity index (χ0) is 11.3. The van der Waals surface area contributed by atoms with Crippen molar-refractivity contribution >= 4 is 17.8 Å². The molecule has 2 amide bonds. The van der Waals surface area contributed by atoms with Crippen molar-refractivity contribution in [1.82, 2.24) is 10.3 Å². The Hall–Kier alpha value is -1.20. The predicted octanol–water partition coefficient (Wildman–Crippen LogP) is 1.42. The van der Waals surface area contributed by atoms with Crippen LogP contribution in [0.3, 0.4) is 0 Å². The molecule has 0 radical (unpaired) electrons. The SMILES string of the molecule is CSc1ccc(CN(C)C(=O)NN)cc1. The van der Waals surface area contributed by atoms with Crippen molar-refractivity contribution in [3.8, 4) is 0 Å². The Kier molecular flexibility index (Phi) is 4.45. The molecule has 1 aromatic carbocycles. The van der Waals surface area contributed by atoms with Crippen molar-refractivity contribution in [3.05, 3.63) is 29.8 Å². The summed E-state index contributed by atoms with van der Waals surface area (Å²) in [5, 5.41) is 0. The monoisotopic (exact) mass is 225 g/mol. The van der Waals surface area contributed by atoms with Crippen LogP contribution in [-0.4, -0.2) is 24.2 Å². The topological polar surface area (TPSA) is 58.4 Å². The average molecular weight is 225 g/mol. The van der Waals surface area contributed by atoms with E-state index in [1.807, 2.05) is 30.5 Å². The Morgan fingerprint density at radius 1 is 1.47 bits per heavy atom. The van der Waals surface area contributed by atoms with E-state index in [4.69, 9.17) is 5.84 Å². The number of hydrogen-bond acceptors (Lipinski definition) is 3. The third kappa shape index (κ3) is 3.45. The maximum atomic E-state index is 11.1. The molecular formula is C10H15N3OS. The molecule has 1 aromatic rings. The summed E-state index contributed by atoms with van der Waals surface area (Å²) in [6.07, 6.45) is 2.03. The molecule has 0 heterocycles. The number of hydrazine groups is 1. The minimum absolute atomic E-state index is 0.288.